The van der Waals surface area contributed by atoms with Crippen LogP contribution in [0.25, 0.3) is 0 Å². The van der Waals surface area contributed by atoms with Crippen LogP contribution < -0.4 is 5.32 Å². The Morgan fingerprint density at radius 3 is 2.71 bits per heavy atom. The van der Waals surface area contributed by atoms with Crippen LogP contribution in [0.5, 0.6) is 0 Å². The van der Waals surface area contributed by atoms with E-state index in [9.17, 15) is 4.79 Å². The van der Waals surface area contributed by atoms with E-state index < -0.39 is 0 Å². The molecule has 118 valence electrons. The Balaban J connectivity index is 0.00000220. The summed E-state index contributed by atoms with van der Waals surface area (Å²) in [6.07, 6.45) is 2.12. The molecule has 6 heteroatoms. The van der Waals surface area contributed by atoms with Crippen LogP contribution in [0.2, 0.25) is 5.02 Å². The maximum Gasteiger partial charge on any atom is 0.255 e. The van der Waals surface area contributed by atoms with Crippen LogP contribution in [0.1, 0.15) is 30.1 Å². The lowest BCUT2D eigenvalue weighted by Gasteiger charge is -2.32. The molecule has 1 heterocycles. The van der Waals surface area contributed by atoms with Crippen LogP contribution in [0, 0.1) is 5.92 Å². The molecule has 0 aromatic heterocycles. The van der Waals surface area contributed by atoms with Crippen molar-refractivity contribution in [3.63, 3.8) is 0 Å². The van der Waals surface area contributed by atoms with E-state index >= 15 is 0 Å². The van der Waals surface area contributed by atoms with Crippen LogP contribution in [-0.2, 0) is 0 Å². The Morgan fingerprint density at radius 2 is 2.10 bits per heavy atom. The first-order chi connectivity index (χ1) is 9.63. The zero-order chi connectivity index (χ0) is 14.5. The molecule has 0 spiro atoms. The van der Waals surface area contributed by atoms with Crippen molar-refractivity contribution in [2.75, 3.05) is 26.2 Å². The van der Waals surface area contributed by atoms with E-state index in [1.54, 1.807) is 6.07 Å². The number of hydrogen-bond acceptors (Lipinski definition) is 2. The molecule has 0 atom stereocenters. The first-order valence-electron chi connectivity index (χ1n) is 7.07. The fourth-order valence-corrected chi connectivity index (χ4v) is 3.10. The van der Waals surface area contributed by atoms with Crippen molar-refractivity contribution in [2.24, 2.45) is 5.92 Å². The predicted molar refractivity (Wildman–Crippen MR) is 93.6 cm³/mol. The van der Waals surface area contributed by atoms with E-state index in [2.05, 4.69) is 28.2 Å². The molecular weight excluding hydrogens is 375 g/mol. The van der Waals surface area contributed by atoms with E-state index in [1.165, 1.54) is 0 Å². The number of rotatable bonds is 4. The van der Waals surface area contributed by atoms with Gasteiger partial charge in [0.15, 0.2) is 0 Å². The Bertz CT molecular complexity index is 477. The number of amides is 1. The third-order valence-corrected chi connectivity index (χ3v) is 5.06. The lowest BCUT2D eigenvalue weighted by Crippen LogP contribution is -2.40. The van der Waals surface area contributed by atoms with Crippen LogP contribution in [0.15, 0.2) is 22.7 Å². The van der Waals surface area contributed by atoms with Gasteiger partial charge in [-0.15, -0.1) is 12.4 Å². The highest BCUT2D eigenvalue weighted by atomic mass is 79.9. The molecule has 0 radical (unpaired) electrons. The predicted octanol–water partition coefficient (Wildman–Crippen LogP) is 3.99. The first-order valence-corrected chi connectivity index (χ1v) is 8.24. The van der Waals surface area contributed by atoms with Crippen molar-refractivity contribution >= 4 is 45.8 Å². The SMILES string of the molecule is CCNCC1CCN(C(=O)c2cccc(Br)c2Cl)CC1.Cl. The summed E-state index contributed by atoms with van der Waals surface area (Å²) in [7, 11) is 0. The molecule has 1 aliphatic heterocycles. The zero-order valence-corrected chi connectivity index (χ0v) is 15.2. The van der Waals surface area contributed by atoms with E-state index in [1.807, 2.05) is 17.0 Å². The monoisotopic (exact) mass is 394 g/mol. The van der Waals surface area contributed by atoms with Gasteiger partial charge in [-0.2, -0.15) is 0 Å². The summed E-state index contributed by atoms with van der Waals surface area (Å²) in [6, 6.07) is 5.49. The molecule has 0 aliphatic carbocycles. The molecule has 1 amide bonds. The number of nitrogens with one attached hydrogen (secondary N) is 1. The largest absolute Gasteiger partial charge is 0.339 e. The quantitative estimate of drug-likeness (QED) is 0.835. The highest BCUT2D eigenvalue weighted by Crippen LogP contribution is 2.28. The third kappa shape index (κ3) is 4.85. The van der Waals surface area contributed by atoms with E-state index in [-0.39, 0.29) is 18.3 Å². The maximum atomic E-state index is 12.5. The van der Waals surface area contributed by atoms with Crippen molar-refractivity contribution < 1.29 is 4.79 Å². The third-order valence-electron chi connectivity index (χ3n) is 3.77. The maximum absolute atomic E-state index is 12.5. The van der Waals surface area contributed by atoms with Crippen LogP contribution >= 0.6 is 39.9 Å². The molecule has 1 N–H and O–H groups in total. The van der Waals surface area contributed by atoms with Gasteiger partial charge in [0.25, 0.3) is 5.91 Å². The Morgan fingerprint density at radius 1 is 1.43 bits per heavy atom. The summed E-state index contributed by atoms with van der Waals surface area (Å²) < 4.78 is 0.770. The van der Waals surface area contributed by atoms with Crippen LogP contribution in [-0.4, -0.2) is 37.0 Å². The van der Waals surface area contributed by atoms with E-state index in [0.717, 1.165) is 43.5 Å². The number of carbonyl (C=O) groups excluding carboxylic acids is 1. The minimum absolute atomic E-state index is 0. The number of halogens is 3. The van der Waals surface area contributed by atoms with Gasteiger partial charge in [-0.3, -0.25) is 4.79 Å². The fourth-order valence-electron chi connectivity index (χ4n) is 2.53. The molecule has 1 fully saturated rings. The van der Waals surface area contributed by atoms with Crippen molar-refractivity contribution in [2.45, 2.75) is 19.8 Å². The van der Waals surface area contributed by atoms with Gasteiger partial charge in [0, 0.05) is 17.6 Å². The second-order valence-electron chi connectivity index (χ2n) is 5.14. The van der Waals surface area contributed by atoms with E-state index in [0.29, 0.717) is 16.5 Å². The number of benzene rings is 1. The molecule has 1 saturated heterocycles. The molecule has 0 unspecified atom stereocenters. The summed E-state index contributed by atoms with van der Waals surface area (Å²) in [5, 5.41) is 3.89. The lowest BCUT2D eigenvalue weighted by molar-refractivity contribution is 0.0690. The van der Waals surface area contributed by atoms with Gasteiger partial charge in [0.2, 0.25) is 0 Å². The number of likely N-dealkylation sites (tertiary alicyclic amines) is 1. The average Bonchev–Trinajstić information content (AvgIpc) is 2.48. The lowest BCUT2D eigenvalue weighted by atomic mass is 9.96. The smallest absolute Gasteiger partial charge is 0.255 e. The van der Waals surface area contributed by atoms with Crippen molar-refractivity contribution in [1.29, 1.82) is 0 Å². The van der Waals surface area contributed by atoms with Crippen molar-refractivity contribution in [1.82, 2.24) is 10.2 Å². The highest BCUT2D eigenvalue weighted by molar-refractivity contribution is 9.10. The molecule has 0 saturated carbocycles. The molecule has 21 heavy (non-hydrogen) atoms. The summed E-state index contributed by atoms with van der Waals surface area (Å²) in [6.45, 7) is 5.81. The van der Waals surface area contributed by atoms with E-state index in [4.69, 9.17) is 11.6 Å². The van der Waals surface area contributed by atoms with Gasteiger partial charge in [0.1, 0.15) is 0 Å². The van der Waals surface area contributed by atoms with Crippen LogP contribution in [0.4, 0.5) is 0 Å². The second-order valence-corrected chi connectivity index (χ2v) is 6.38. The van der Waals surface area contributed by atoms with Gasteiger partial charge in [-0.05, 0) is 59.9 Å². The molecule has 1 aromatic rings. The zero-order valence-electron chi connectivity index (χ0n) is 12.1. The van der Waals surface area contributed by atoms with Crippen molar-refractivity contribution in [3.8, 4) is 0 Å². The standard InChI is InChI=1S/C15H20BrClN2O.ClH/c1-2-18-10-11-6-8-19(9-7-11)15(20)12-4-3-5-13(16)14(12)17;/h3-5,11,18H,2,6-10H2,1H3;1H. The molecule has 2 rings (SSSR count). The topological polar surface area (TPSA) is 32.3 Å². The van der Waals surface area contributed by atoms with Gasteiger partial charge >= 0.3 is 0 Å². The summed E-state index contributed by atoms with van der Waals surface area (Å²) in [5.74, 6) is 0.718. The summed E-state index contributed by atoms with van der Waals surface area (Å²) >= 11 is 9.57. The number of piperidine rings is 1. The number of hydrogen-bond donors (Lipinski definition) is 1. The Labute approximate surface area is 146 Å². The molecule has 0 bridgehead atoms. The Hall–Kier alpha value is -0.290. The van der Waals surface area contributed by atoms with Crippen LogP contribution in [0.3, 0.4) is 0 Å². The normalized spacial score (nSPS) is 15.7. The van der Waals surface area contributed by atoms with Gasteiger partial charge in [-0.25, -0.2) is 0 Å². The van der Waals surface area contributed by atoms with Gasteiger partial charge in [0.05, 0.1) is 10.6 Å². The number of nitrogens with zero attached hydrogens (tertiary/aromatic N) is 1. The molecule has 1 aromatic carbocycles. The Kier molecular flexibility index (Phi) is 8.03. The first kappa shape index (κ1) is 18.8. The second kappa shape index (κ2) is 8.99. The fraction of sp³-hybridized carbons (Fsp3) is 0.533. The van der Waals surface area contributed by atoms with Gasteiger partial charge < -0.3 is 10.2 Å². The number of carbonyl (C=O) groups is 1. The van der Waals surface area contributed by atoms with Crippen molar-refractivity contribution in [3.05, 3.63) is 33.3 Å². The highest BCUT2D eigenvalue weighted by Gasteiger charge is 2.24. The summed E-state index contributed by atoms with van der Waals surface area (Å²) in [4.78, 5) is 14.4. The van der Waals surface area contributed by atoms with Gasteiger partial charge in [-0.1, -0.05) is 24.6 Å². The average molecular weight is 396 g/mol. The minimum Gasteiger partial charge on any atom is -0.339 e. The summed E-state index contributed by atoms with van der Waals surface area (Å²) in [5.41, 5.74) is 0.589. The molecule has 1 aliphatic rings. The minimum atomic E-state index is 0. The molecule has 3 nitrogen and oxygen atoms in total. The molecular formula is C15H21BrCl2N2O.